The summed E-state index contributed by atoms with van der Waals surface area (Å²) in [5.74, 6) is -3.58. The smallest absolute Gasteiger partial charge is 0.303 e. The van der Waals surface area contributed by atoms with E-state index in [0.717, 1.165) is 65.2 Å². The molecular weight excluding hydrogens is 446 g/mol. The van der Waals surface area contributed by atoms with Crippen LogP contribution in [-0.2, 0) is 23.7 Å². The Kier molecular flexibility index (Phi) is 15.2. The Morgan fingerprint density at radius 2 is 1.15 bits per heavy atom. The summed E-state index contributed by atoms with van der Waals surface area (Å²) in [6, 6.07) is 0. The maximum atomic E-state index is 15.6. The molecule has 0 radical (unpaired) electrons. The van der Waals surface area contributed by atoms with Crippen molar-refractivity contribution in [1.82, 2.24) is 0 Å². The summed E-state index contributed by atoms with van der Waals surface area (Å²) in [6.45, 7) is 12.2. The van der Waals surface area contributed by atoms with E-state index in [-0.39, 0.29) is 6.61 Å². The molecule has 1 rings (SSSR count). The van der Waals surface area contributed by atoms with Gasteiger partial charge in [-0.3, -0.25) is 0 Å². The number of halogens is 2. The number of hydrogen-bond donors (Lipinski definition) is 1. The van der Waals surface area contributed by atoms with Gasteiger partial charge >= 0.3 is 5.92 Å². The Morgan fingerprint density at radius 3 is 1.62 bits per heavy atom. The molecule has 34 heavy (non-hydrogen) atoms. The second kappa shape index (κ2) is 16.4. The van der Waals surface area contributed by atoms with Gasteiger partial charge in [0, 0.05) is 26.4 Å². The molecule has 1 aliphatic rings. The van der Waals surface area contributed by atoms with E-state index < -0.39 is 42.0 Å². The van der Waals surface area contributed by atoms with Gasteiger partial charge in [0.05, 0.1) is 6.61 Å². The summed E-state index contributed by atoms with van der Waals surface area (Å²) in [5.41, 5.74) is -2.30. The van der Waals surface area contributed by atoms with Gasteiger partial charge in [-0.2, -0.15) is 0 Å². The summed E-state index contributed by atoms with van der Waals surface area (Å²) in [5, 5.41) is 10.4. The lowest BCUT2D eigenvalue weighted by Crippen LogP contribution is -2.68. The van der Waals surface area contributed by atoms with E-state index in [4.69, 9.17) is 23.7 Å². The highest BCUT2D eigenvalue weighted by Crippen LogP contribution is 2.41. The van der Waals surface area contributed by atoms with Crippen molar-refractivity contribution in [2.75, 3.05) is 33.0 Å². The molecule has 0 amide bonds. The van der Waals surface area contributed by atoms with Crippen LogP contribution in [0, 0.1) is 0 Å². The number of aliphatic hydroxyl groups is 1. The molecule has 6 nitrogen and oxygen atoms in total. The van der Waals surface area contributed by atoms with Gasteiger partial charge in [0.2, 0.25) is 0 Å². The van der Waals surface area contributed by atoms with Crippen LogP contribution in [0.15, 0.2) is 0 Å². The lowest BCUT2D eigenvalue weighted by atomic mass is 9.85. The Hall–Kier alpha value is -0.380. The van der Waals surface area contributed by atoms with Gasteiger partial charge in [0.25, 0.3) is 0 Å². The molecule has 0 unspecified atom stereocenters. The monoisotopic (exact) mass is 496 g/mol. The Bertz CT molecular complexity index is 514. The van der Waals surface area contributed by atoms with Crippen LogP contribution in [0.4, 0.5) is 8.78 Å². The highest BCUT2D eigenvalue weighted by Gasteiger charge is 2.62. The molecule has 1 heterocycles. The van der Waals surface area contributed by atoms with Gasteiger partial charge < -0.3 is 28.8 Å². The standard InChI is InChI=1S/C26H50F2O6/c1-7-11-15-30-19-20-21(31-16-12-8-2)22(32-17-13-9-3)23(33-18-14-10-4)24(34-20)26(27,28)25(5,6)29/h20-24,29H,7-19H2,1-6H3/t20-,21+,22+,23-,24-/m1/s1. The van der Waals surface area contributed by atoms with Crippen LogP contribution in [0.2, 0.25) is 0 Å². The van der Waals surface area contributed by atoms with E-state index in [1.807, 2.05) is 13.8 Å². The first-order chi connectivity index (χ1) is 16.1. The van der Waals surface area contributed by atoms with Crippen molar-refractivity contribution in [3.05, 3.63) is 0 Å². The van der Waals surface area contributed by atoms with Crippen LogP contribution in [-0.4, -0.2) is 80.2 Å². The average molecular weight is 497 g/mol. The van der Waals surface area contributed by atoms with Crippen molar-refractivity contribution in [2.45, 2.75) is 135 Å². The first-order valence-electron chi connectivity index (χ1n) is 13.3. The van der Waals surface area contributed by atoms with Gasteiger partial charge in [-0.05, 0) is 39.5 Å². The Morgan fingerprint density at radius 1 is 0.706 bits per heavy atom. The van der Waals surface area contributed by atoms with Crippen LogP contribution in [0.5, 0.6) is 0 Å². The van der Waals surface area contributed by atoms with E-state index in [9.17, 15) is 5.11 Å². The molecule has 0 aromatic carbocycles. The molecule has 0 aromatic heterocycles. The molecule has 1 fully saturated rings. The minimum Gasteiger partial charge on any atom is -0.384 e. The number of hydrogen-bond acceptors (Lipinski definition) is 6. The zero-order valence-corrected chi connectivity index (χ0v) is 22.3. The van der Waals surface area contributed by atoms with Gasteiger partial charge in [-0.25, -0.2) is 8.78 Å². The molecule has 204 valence electrons. The lowest BCUT2D eigenvalue weighted by Gasteiger charge is -2.50. The fourth-order valence-corrected chi connectivity index (χ4v) is 3.80. The van der Waals surface area contributed by atoms with Gasteiger partial charge in [0.15, 0.2) is 6.10 Å². The molecule has 1 N–H and O–H groups in total. The predicted octanol–water partition coefficient (Wildman–Crippen LogP) is 5.53. The van der Waals surface area contributed by atoms with Crippen LogP contribution in [0.25, 0.3) is 0 Å². The zero-order chi connectivity index (χ0) is 25.6. The van der Waals surface area contributed by atoms with Crippen molar-refractivity contribution in [2.24, 2.45) is 0 Å². The summed E-state index contributed by atoms with van der Waals surface area (Å²) in [6.07, 6.45) is 2.04. The predicted molar refractivity (Wildman–Crippen MR) is 130 cm³/mol. The first-order valence-corrected chi connectivity index (χ1v) is 13.3. The fraction of sp³-hybridized carbons (Fsp3) is 1.00. The van der Waals surface area contributed by atoms with Gasteiger partial charge in [-0.1, -0.05) is 53.4 Å². The minimum atomic E-state index is -3.58. The quantitative estimate of drug-likeness (QED) is 0.237. The van der Waals surface area contributed by atoms with Crippen LogP contribution in [0.3, 0.4) is 0 Å². The van der Waals surface area contributed by atoms with Crippen molar-refractivity contribution in [3.8, 4) is 0 Å². The third kappa shape index (κ3) is 9.58. The van der Waals surface area contributed by atoms with Crippen molar-refractivity contribution >= 4 is 0 Å². The van der Waals surface area contributed by atoms with Crippen molar-refractivity contribution in [1.29, 1.82) is 0 Å². The second-order valence-electron chi connectivity index (χ2n) is 9.77. The molecule has 0 bridgehead atoms. The van der Waals surface area contributed by atoms with Gasteiger partial charge in [0.1, 0.15) is 30.0 Å². The van der Waals surface area contributed by atoms with Crippen LogP contribution >= 0.6 is 0 Å². The highest BCUT2D eigenvalue weighted by atomic mass is 19.3. The third-order valence-corrected chi connectivity index (χ3v) is 6.16. The minimum absolute atomic E-state index is 0.116. The van der Waals surface area contributed by atoms with E-state index in [1.165, 1.54) is 0 Å². The van der Waals surface area contributed by atoms with E-state index >= 15 is 8.78 Å². The largest absolute Gasteiger partial charge is 0.384 e. The summed E-state index contributed by atoms with van der Waals surface area (Å²) in [7, 11) is 0. The maximum Gasteiger partial charge on any atom is 0.303 e. The molecular formula is C26H50F2O6. The lowest BCUT2D eigenvalue weighted by molar-refractivity contribution is -0.328. The SMILES string of the molecule is CCCCOC[C@H]1O[C@@H](C(F)(F)C(C)(C)O)[C@H](OCCCC)[C@@H](OCCCC)[C@H]1OCCCC. The normalized spacial score (nSPS) is 26.2. The highest BCUT2D eigenvalue weighted by molar-refractivity contribution is 5.04. The van der Waals surface area contributed by atoms with Crippen LogP contribution in [0.1, 0.15) is 92.9 Å². The van der Waals surface area contributed by atoms with Crippen LogP contribution < -0.4 is 0 Å². The first kappa shape index (κ1) is 31.6. The number of rotatable bonds is 19. The molecule has 0 saturated carbocycles. The molecule has 1 saturated heterocycles. The zero-order valence-electron chi connectivity index (χ0n) is 22.3. The molecule has 8 heteroatoms. The van der Waals surface area contributed by atoms with E-state index in [0.29, 0.717) is 26.4 Å². The van der Waals surface area contributed by atoms with Crippen molar-refractivity contribution in [3.63, 3.8) is 0 Å². The molecule has 0 aliphatic carbocycles. The van der Waals surface area contributed by atoms with Crippen molar-refractivity contribution < 1.29 is 37.6 Å². The maximum absolute atomic E-state index is 15.6. The molecule has 0 aromatic rings. The Labute approximate surface area is 206 Å². The molecule has 1 aliphatic heterocycles. The summed E-state index contributed by atoms with van der Waals surface area (Å²) in [4.78, 5) is 0. The third-order valence-electron chi connectivity index (χ3n) is 6.16. The number of unbranched alkanes of at least 4 members (excludes halogenated alkanes) is 4. The summed E-state index contributed by atoms with van der Waals surface area (Å²) < 4.78 is 61.4. The van der Waals surface area contributed by atoms with E-state index in [2.05, 4.69) is 13.8 Å². The number of ether oxygens (including phenoxy) is 5. The number of alkyl halides is 2. The molecule has 0 spiro atoms. The van der Waals surface area contributed by atoms with E-state index in [1.54, 1.807) is 0 Å². The van der Waals surface area contributed by atoms with Gasteiger partial charge in [-0.15, -0.1) is 0 Å². The molecule has 5 atom stereocenters. The summed E-state index contributed by atoms with van der Waals surface area (Å²) >= 11 is 0. The Balaban J connectivity index is 3.32. The topological polar surface area (TPSA) is 66.4 Å². The second-order valence-corrected chi connectivity index (χ2v) is 9.77. The fourth-order valence-electron chi connectivity index (χ4n) is 3.80. The average Bonchev–Trinajstić information content (AvgIpc) is 2.78.